The number of hydrogen-bond acceptors (Lipinski definition) is 7. The van der Waals surface area contributed by atoms with Crippen LogP contribution in [0.15, 0.2) is 60.7 Å². The highest BCUT2D eigenvalue weighted by Crippen LogP contribution is 2.50. The maximum atomic E-state index is 13.5. The van der Waals surface area contributed by atoms with E-state index in [-0.39, 0.29) is 61.3 Å². The van der Waals surface area contributed by atoms with Crippen LogP contribution in [0.1, 0.15) is 23.0 Å². The largest absolute Gasteiger partial charge is 0.524 e. The number of anilines is 2. The van der Waals surface area contributed by atoms with Crippen molar-refractivity contribution >= 4 is 83.6 Å². The molecule has 2 amide bonds. The van der Waals surface area contributed by atoms with E-state index in [2.05, 4.69) is 5.32 Å². The van der Waals surface area contributed by atoms with Crippen molar-refractivity contribution in [1.82, 2.24) is 5.32 Å². The van der Waals surface area contributed by atoms with E-state index >= 15 is 0 Å². The Bertz CT molecular complexity index is 1860. The highest BCUT2D eigenvalue weighted by Gasteiger charge is 2.37. The normalized spacial score (nSPS) is 17.7. The molecule has 2 heterocycles. The van der Waals surface area contributed by atoms with Crippen LogP contribution in [0.5, 0.6) is 11.5 Å². The maximum Gasteiger partial charge on any atom is 0.524 e. The Hall–Kier alpha value is -3.22. The van der Waals surface area contributed by atoms with Gasteiger partial charge in [0, 0.05) is 59.6 Å². The van der Waals surface area contributed by atoms with Gasteiger partial charge in [0.1, 0.15) is 11.5 Å². The number of carbonyl (C=O) groups excluding carboxylic acids is 2. The fraction of sp³-hybridized carbons (Fsp3) is 0.267. The van der Waals surface area contributed by atoms with Gasteiger partial charge >= 0.3 is 15.6 Å². The number of rotatable bonds is 10. The number of nitrogens with zero attached hydrogens (tertiary/aromatic N) is 2. The minimum absolute atomic E-state index is 0.0833. The molecule has 0 aliphatic carbocycles. The van der Waals surface area contributed by atoms with Gasteiger partial charge in [0.05, 0.1) is 24.5 Å². The summed E-state index contributed by atoms with van der Waals surface area (Å²) in [6.45, 7) is -0.0941. The van der Waals surface area contributed by atoms with Crippen LogP contribution < -0.4 is 24.2 Å². The number of alkyl halides is 2. The smallest absolute Gasteiger partial charge is 0.404 e. The maximum absolute atomic E-state index is 13.5. The monoisotopic (exact) mass is 723 g/mol. The number of halogens is 2. The predicted molar refractivity (Wildman–Crippen MR) is 178 cm³/mol. The lowest BCUT2D eigenvalue weighted by Crippen LogP contribution is -2.43. The van der Waals surface area contributed by atoms with E-state index in [1.54, 1.807) is 48.5 Å². The lowest BCUT2D eigenvalue weighted by atomic mass is 9.95. The molecule has 47 heavy (non-hydrogen) atoms. The summed E-state index contributed by atoms with van der Waals surface area (Å²) < 4.78 is 33.4. The van der Waals surface area contributed by atoms with Crippen LogP contribution in [0.2, 0.25) is 0 Å². The first-order valence-corrected chi connectivity index (χ1v) is 18.5. The molecule has 0 fully saturated rings. The van der Waals surface area contributed by atoms with Crippen LogP contribution in [-0.2, 0) is 18.7 Å². The second-order valence-corrected chi connectivity index (χ2v) is 14.1. The molecule has 4 aromatic rings. The van der Waals surface area contributed by atoms with Gasteiger partial charge in [-0.3, -0.25) is 34.5 Å². The Morgan fingerprint density at radius 2 is 1.06 bits per heavy atom. The first-order valence-electron chi connectivity index (χ1n) is 14.3. The fourth-order valence-corrected chi connectivity index (χ4v) is 7.74. The number of fused-ring (bicyclic) bond motifs is 6. The van der Waals surface area contributed by atoms with E-state index in [4.69, 9.17) is 32.2 Å². The minimum atomic E-state index is -4.92. The first-order chi connectivity index (χ1) is 22.3. The van der Waals surface area contributed by atoms with E-state index in [0.717, 1.165) is 11.1 Å². The number of amides is 2. The van der Waals surface area contributed by atoms with Gasteiger partial charge in [0.2, 0.25) is 11.8 Å². The number of nitrogens with one attached hydrogen (secondary N) is 1. The molecule has 2 aliphatic heterocycles. The molecular formula is C30H29Cl2N3O10P2. The van der Waals surface area contributed by atoms with Gasteiger partial charge in [-0.05, 0) is 21.9 Å². The average molecular weight is 724 g/mol. The zero-order chi connectivity index (χ0) is 33.7. The topological polar surface area (TPSA) is 186 Å². The van der Waals surface area contributed by atoms with Crippen molar-refractivity contribution in [2.75, 3.05) is 47.7 Å². The average Bonchev–Trinajstić information content (AvgIpc) is 3.58. The Kier molecular flexibility index (Phi) is 9.32. The third-order valence-corrected chi connectivity index (χ3v) is 9.83. The fourth-order valence-electron chi connectivity index (χ4n) is 6.42. The molecule has 0 spiro atoms. The number of carbonyl (C=O) groups is 2. The minimum Gasteiger partial charge on any atom is -0.404 e. The molecule has 6 rings (SSSR count). The van der Waals surface area contributed by atoms with E-state index < -0.39 is 27.5 Å². The van der Waals surface area contributed by atoms with E-state index in [0.29, 0.717) is 32.9 Å². The number of phosphoric ester groups is 2. The first kappa shape index (κ1) is 33.7. The van der Waals surface area contributed by atoms with E-state index in [1.807, 2.05) is 0 Å². The van der Waals surface area contributed by atoms with Gasteiger partial charge in [-0.2, -0.15) is 0 Å². The summed E-state index contributed by atoms with van der Waals surface area (Å²) in [5, 5.41) is 5.11. The summed E-state index contributed by atoms with van der Waals surface area (Å²) in [5.74, 6) is -1.15. The Morgan fingerprint density at radius 1 is 0.702 bits per heavy atom. The van der Waals surface area contributed by atoms with Crippen LogP contribution in [0.25, 0.3) is 21.5 Å². The third kappa shape index (κ3) is 6.73. The van der Waals surface area contributed by atoms with Crippen molar-refractivity contribution in [2.24, 2.45) is 0 Å². The second-order valence-electron chi connectivity index (χ2n) is 11.2. The molecule has 0 saturated carbocycles. The van der Waals surface area contributed by atoms with Gasteiger partial charge in [-0.1, -0.05) is 48.5 Å². The summed E-state index contributed by atoms with van der Waals surface area (Å²) in [6.07, 6.45) is 0. The molecule has 2 aliphatic rings. The molecule has 0 aromatic heterocycles. The molecule has 0 radical (unpaired) electrons. The number of benzene rings is 4. The quantitative estimate of drug-likeness (QED) is 0.114. The molecule has 248 valence electrons. The van der Waals surface area contributed by atoms with Crippen LogP contribution in [0, 0.1) is 0 Å². The molecular weight excluding hydrogens is 695 g/mol. The standard InChI is InChI=1S/C30H29Cl2N3O10P2/c31-11-17-15-34(23-9-25(44-46(38,39)40)19-5-1-3-7-21(19)29(17)23)27(36)13-33-14-28(37)35-16-18(12-32)30-22-8-4-2-6-20(22)26(10-24(30)35)45-47(41,42)43/h1-10,17-18,33H,11-16H2,(H2,38,39,40)(H2,41,42,43). The Labute approximate surface area is 278 Å². The van der Waals surface area contributed by atoms with Crippen molar-refractivity contribution in [3.8, 4) is 11.5 Å². The predicted octanol–water partition coefficient (Wildman–Crippen LogP) is 4.56. The van der Waals surface area contributed by atoms with Crippen LogP contribution in [-0.4, -0.2) is 69.3 Å². The SMILES string of the molecule is O=C(CNCC(=O)N1CC(CCl)c2c1cc(OP(=O)(O)O)c1ccccc21)N1CC(CCl)c2c1cc(OP(=O)(O)O)c1ccccc21. The number of hydrogen-bond donors (Lipinski definition) is 5. The van der Waals surface area contributed by atoms with E-state index in [9.17, 15) is 38.3 Å². The van der Waals surface area contributed by atoms with Gasteiger partial charge < -0.3 is 18.8 Å². The van der Waals surface area contributed by atoms with Gasteiger partial charge in [0.25, 0.3) is 0 Å². The van der Waals surface area contributed by atoms with Crippen molar-refractivity contribution < 1.29 is 47.3 Å². The van der Waals surface area contributed by atoms with Crippen molar-refractivity contribution in [1.29, 1.82) is 0 Å². The zero-order valence-electron chi connectivity index (χ0n) is 24.5. The highest BCUT2D eigenvalue weighted by atomic mass is 35.5. The Balaban J connectivity index is 1.23. The summed E-state index contributed by atoms with van der Waals surface area (Å²) >= 11 is 12.6. The molecule has 5 N–H and O–H groups in total. The van der Waals surface area contributed by atoms with Crippen molar-refractivity contribution in [3.63, 3.8) is 0 Å². The molecule has 0 bridgehead atoms. The lowest BCUT2D eigenvalue weighted by molar-refractivity contribution is -0.118. The Morgan fingerprint density at radius 3 is 1.40 bits per heavy atom. The highest BCUT2D eigenvalue weighted by molar-refractivity contribution is 7.47. The molecule has 0 saturated heterocycles. The summed E-state index contributed by atoms with van der Waals surface area (Å²) in [6, 6.07) is 16.7. The van der Waals surface area contributed by atoms with Gasteiger partial charge in [0.15, 0.2) is 0 Å². The third-order valence-electron chi connectivity index (χ3n) is 8.22. The molecule has 17 heteroatoms. The summed E-state index contributed by atoms with van der Waals surface area (Å²) in [4.78, 5) is 68.0. The summed E-state index contributed by atoms with van der Waals surface area (Å²) in [5.41, 5.74) is 2.30. The van der Waals surface area contributed by atoms with Crippen LogP contribution >= 0.6 is 38.8 Å². The molecule has 2 unspecified atom stereocenters. The van der Waals surface area contributed by atoms with Crippen LogP contribution in [0.4, 0.5) is 11.4 Å². The molecule has 2 atom stereocenters. The summed E-state index contributed by atoms with van der Waals surface area (Å²) in [7, 11) is -9.84. The van der Waals surface area contributed by atoms with Gasteiger partial charge in [-0.15, -0.1) is 23.2 Å². The molecule has 13 nitrogen and oxygen atoms in total. The molecule has 4 aromatic carbocycles. The second kappa shape index (κ2) is 13.0. The van der Waals surface area contributed by atoms with E-state index in [1.165, 1.54) is 21.9 Å². The zero-order valence-corrected chi connectivity index (χ0v) is 27.8. The van der Waals surface area contributed by atoms with Gasteiger partial charge in [-0.25, -0.2) is 9.13 Å². The van der Waals surface area contributed by atoms with Crippen molar-refractivity contribution in [3.05, 3.63) is 71.8 Å². The lowest BCUT2D eigenvalue weighted by Gasteiger charge is -2.21. The van der Waals surface area contributed by atoms with Crippen molar-refractivity contribution in [2.45, 2.75) is 11.8 Å². The van der Waals surface area contributed by atoms with Crippen LogP contribution in [0.3, 0.4) is 0 Å². The number of phosphoric acid groups is 2.